The number of ether oxygens (including phenoxy) is 1. The van der Waals surface area contributed by atoms with Gasteiger partial charge in [0, 0.05) is 24.1 Å². The van der Waals surface area contributed by atoms with Crippen LogP contribution in [0.4, 0.5) is 5.69 Å². The highest BCUT2D eigenvalue weighted by Gasteiger charge is 2.11. The van der Waals surface area contributed by atoms with Gasteiger partial charge in [-0.1, -0.05) is 30.3 Å². The molecule has 2 N–H and O–H groups in total. The number of nitrogens with two attached hydrogens (primary N) is 1. The molecule has 0 saturated carbocycles. The Morgan fingerprint density at radius 2 is 1.86 bits per heavy atom. The van der Waals surface area contributed by atoms with Gasteiger partial charge in [-0.3, -0.25) is 10.1 Å². The number of hydrogen-bond donors (Lipinski definition) is 1. The molecule has 2 aromatic rings. The molecule has 1 atom stereocenters. The van der Waals surface area contributed by atoms with E-state index < -0.39 is 0 Å². The van der Waals surface area contributed by atoms with Gasteiger partial charge >= 0.3 is 0 Å². The molecule has 0 heterocycles. The van der Waals surface area contributed by atoms with Crippen LogP contribution in [0.5, 0.6) is 5.75 Å². The summed E-state index contributed by atoms with van der Waals surface area (Å²) in [5, 5.41) is 10.9. The van der Waals surface area contributed by atoms with E-state index >= 15 is 0 Å². The lowest BCUT2D eigenvalue weighted by Crippen LogP contribution is -2.06. The average molecular weight is 286 g/mol. The third kappa shape index (κ3) is 4.03. The van der Waals surface area contributed by atoms with Crippen molar-refractivity contribution in [1.82, 2.24) is 0 Å². The van der Waals surface area contributed by atoms with Crippen LogP contribution < -0.4 is 10.5 Å². The standard InChI is InChI=1S/C16H18N2O3/c1-12(17)13-6-8-15(9-7-13)21-11-10-14-4-2-3-5-16(14)18(19)20/h2-9,12H,10-11,17H2,1H3/t12-/m0/s1. The second-order valence-corrected chi connectivity index (χ2v) is 4.84. The maximum atomic E-state index is 10.9. The van der Waals surface area contributed by atoms with Crippen molar-refractivity contribution in [2.45, 2.75) is 19.4 Å². The van der Waals surface area contributed by atoms with Crippen molar-refractivity contribution in [3.8, 4) is 5.75 Å². The van der Waals surface area contributed by atoms with E-state index in [-0.39, 0.29) is 16.7 Å². The van der Waals surface area contributed by atoms with Crippen molar-refractivity contribution in [3.63, 3.8) is 0 Å². The molecule has 110 valence electrons. The van der Waals surface area contributed by atoms with Crippen molar-refractivity contribution in [3.05, 3.63) is 69.8 Å². The number of rotatable bonds is 6. The monoisotopic (exact) mass is 286 g/mol. The lowest BCUT2D eigenvalue weighted by Gasteiger charge is -2.09. The SMILES string of the molecule is C[C@H](N)c1ccc(OCCc2ccccc2[N+](=O)[O-])cc1. The molecule has 0 aliphatic carbocycles. The number of nitrogens with zero attached hydrogens (tertiary/aromatic N) is 1. The summed E-state index contributed by atoms with van der Waals surface area (Å²) < 4.78 is 5.62. The molecule has 0 fully saturated rings. The summed E-state index contributed by atoms with van der Waals surface area (Å²) in [6.45, 7) is 2.31. The minimum atomic E-state index is -0.368. The maximum absolute atomic E-state index is 10.9. The van der Waals surface area contributed by atoms with Crippen LogP contribution in [-0.4, -0.2) is 11.5 Å². The summed E-state index contributed by atoms with van der Waals surface area (Å²) in [5.74, 6) is 0.734. The maximum Gasteiger partial charge on any atom is 0.272 e. The van der Waals surface area contributed by atoms with Crippen LogP contribution in [0, 0.1) is 10.1 Å². The lowest BCUT2D eigenvalue weighted by atomic mass is 10.1. The zero-order valence-corrected chi connectivity index (χ0v) is 11.9. The van der Waals surface area contributed by atoms with E-state index in [1.807, 2.05) is 31.2 Å². The largest absolute Gasteiger partial charge is 0.493 e. The van der Waals surface area contributed by atoms with E-state index in [2.05, 4.69) is 0 Å². The molecule has 0 unspecified atom stereocenters. The quantitative estimate of drug-likeness (QED) is 0.653. The molecule has 2 aromatic carbocycles. The Morgan fingerprint density at radius 3 is 2.48 bits per heavy atom. The fourth-order valence-corrected chi connectivity index (χ4v) is 2.05. The summed E-state index contributed by atoms with van der Waals surface area (Å²) in [4.78, 5) is 10.5. The van der Waals surface area contributed by atoms with Crippen molar-refractivity contribution in [1.29, 1.82) is 0 Å². The van der Waals surface area contributed by atoms with E-state index in [9.17, 15) is 10.1 Å². The predicted molar refractivity (Wildman–Crippen MR) is 81.3 cm³/mol. The summed E-state index contributed by atoms with van der Waals surface area (Å²) in [5.41, 5.74) is 7.63. The van der Waals surface area contributed by atoms with Gasteiger partial charge in [0.25, 0.3) is 5.69 Å². The summed E-state index contributed by atoms with van der Waals surface area (Å²) in [6, 6.07) is 14.3. The Labute approximate surface area is 123 Å². The molecular formula is C16H18N2O3. The van der Waals surface area contributed by atoms with Crippen LogP contribution in [0.2, 0.25) is 0 Å². The minimum Gasteiger partial charge on any atom is -0.493 e. The van der Waals surface area contributed by atoms with Gasteiger partial charge in [-0.25, -0.2) is 0 Å². The minimum absolute atomic E-state index is 0.00832. The molecule has 5 heteroatoms. The number of benzene rings is 2. The molecule has 0 aliphatic rings. The van der Waals surface area contributed by atoms with Gasteiger partial charge in [-0.2, -0.15) is 0 Å². The Hall–Kier alpha value is -2.40. The first-order chi connectivity index (χ1) is 10.1. The van der Waals surface area contributed by atoms with E-state index in [4.69, 9.17) is 10.5 Å². The highest BCUT2D eigenvalue weighted by atomic mass is 16.6. The first kappa shape index (κ1) is 15.0. The molecule has 0 spiro atoms. The van der Waals surface area contributed by atoms with Crippen LogP contribution in [0.15, 0.2) is 48.5 Å². The predicted octanol–water partition coefficient (Wildman–Crippen LogP) is 3.24. The highest BCUT2D eigenvalue weighted by Crippen LogP contribution is 2.19. The van der Waals surface area contributed by atoms with Gasteiger partial charge in [0.15, 0.2) is 0 Å². The normalized spacial score (nSPS) is 11.9. The Balaban J connectivity index is 1.94. The van der Waals surface area contributed by atoms with Gasteiger partial charge in [0.05, 0.1) is 11.5 Å². The van der Waals surface area contributed by atoms with E-state index in [1.165, 1.54) is 6.07 Å². The Kier molecular flexibility index (Phi) is 4.90. The zero-order chi connectivity index (χ0) is 15.2. The molecule has 0 amide bonds. The number of nitro benzene ring substituents is 1. The van der Waals surface area contributed by atoms with Crippen molar-refractivity contribution in [2.75, 3.05) is 6.61 Å². The highest BCUT2D eigenvalue weighted by molar-refractivity contribution is 5.40. The first-order valence-electron chi connectivity index (χ1n) is 6.78. The average Bonchev–Trinajstić information content (AvgIpc) is 2.48. The van der Waals surface area contributed by atoms with Gasteiger partial charge in [-0.05, 0) is 24.6 Å². The molecule has 2 rings (SSSR count). The molecule has 0 saturated heterocycles. The molecule has 0 aliphatic heterocycles. The third-order valence-corrected chi connectivity index (χ3v) is 3.23. The second-order valence-electron chi connectivity index (χ2n) is 4.84. The molecular weight excluding hydrogens is 268 g/mol. The summed E-state index contributed by atoms with van der Waals surface area (Å²) >= 11 is 0. The molecule has 0 radical (unpaired) electrons. The van der Waals surface area contributed by atoms with Crippen molar-refractivity contribution < 1.29 is 9.66 Å². The van der Waals surface area contributed by atoms with Gasteiger partial charge in [-0.15, -0.1) is 0 Å². The molecule has 5 nitrogen and oxygen atoms in total. The Bertz CT molecular complexity index is 609. The fraction of sp³-hybridized carbons (Fsp3) is 0.250. The summed E-state index contributed by atoms with van der Waals surface area (Å²) in [6.07, 6.45) is 0.492. The van der Waals surface area contributed by atoms with Crippen molar-refractivity contribution in [2.24, 2.45) is 5.73 Å². The number of hydrogen-bond acceptors (Lipinski definition) is 4. The number of nitro groups is 1. The molecule has 21 heavy (non-hydrogen) atoms. The van der Waals surface area contributed by atoms with Crippen LogP contribution >= 0.6 is 0 Å². The summed E-state index contributed by atoms with van der Waals surface area (Å²) in [7, 11) is 0. The van der Waals surface area contributed by atoms with Crippen LogP contribution in [-0.2, 0) is 6.42 Å². The first-order valence-corrected chi connectivity index (χ1v) is 6.78. The second kappa shape index (κ2) is 6.85. The van der Waals surface area contributed by atoms with E-state index in [1.54, 1.807) is 18.2 Å². The molecule has 0 aromatic heterocycles. The van der Waals surface area contributed by atoms with E-state index in [0.29, 0.717) is 18.6 Å². The molecule has 0 bridgehead atoms. The Morgan fingerprint density at radius 1 is 1.19 bits per heavy atom. The van der Waals surface area contributed by atoms with Crippen LogP contribution in [0.25, 0.3) is 0 Å². The zero-order valence-electron chi connectivity index (χ0n) is 11.9. The third-order valence-electron chi connectivity index (χ3n) is 3.23. The van der Waals surface area contributed by atoms with E-state index in [0.717, 1.165) is 11.3 Å². The lowest BCUT2D eigenvalue weighted by molar-refractivity contribution is -0.385. The van der Waals surface area contributed by atoms with Crippen LogP contribution in [0.1, 0.15) is 24.1 Å². The van der Waals surface area contributed by atoms with Crippen LogP contribution in [0.3, 0.4) is 0 Å². The van der Waals surface area contributed by atoms with Gasteiger partial charge < -0.3 is 10.5 Å². The topological polar surface area (TPSA) is 78.4 Å². The smallest absolute Gasteiger partial charge is 0.272 e. The number of para-hydroxylation sites is 1. The van der Waals surface area contributed by atoms with Gasteiger partial charge in [0.2, 0.25) is 0 Å². The fourth-order valence-electron chi connectivity index (χ4n) is 2.05. The van der Waals surface area contributed by atoms with Crippen molar-refractivity contribution >= 4 is 5.69 Å². The van der Waals surface area contributed by atoms with Gasteiger partial charge in [0.1, 0.15) is 5.75 Å².